The van der Waals surface area contributed by atoms with E-state index in [1.54, 1.807) is 0 Å². The number of likely N-dealkylation sites (N-methyl/N-ethyl adjacent to an activating group) is 1. The van der Waals surface area contributed by atoms with Gasteiger partial charge in [-0.3, -0.25) is 9.69 Å². The Hall–Kier alpha value is -1.39. The van der Waals surface area contributed by atoms with E-state index >= 15 is 0 Å². The molecule has 104 valence electrons. The molecule has 0 spiro atoms. The van der Waals surface area contributed by atoms with Crippen molar-refractivity contribution in [2.75, 3.05) is 31.1 Å². The maximum absolute atomic E-state index is 12.4. The molecule has 2 rings (SSSR count). The summed E-state index contributed by atoms with van der Waals surface area (Å²) in [7, 11) is 0. The largest absolute Gasteiger partial charge is 0.329 e. The van der Waals surface area contributed by atoms with Crippen LogP contribution in [0, 0.1) is 0 Å². The fourth-order valence-electron chi connectivity index (χ4n) is 2.74. The first-order valence-corrected chi connectivity index (χ1v) is 7.05. The van der Waals surface area contributed by atoms with Crippen LogP contribution in [0.2, 0.25) is 0 Å². The summed E-state index contributed by atoms with van der Waals surface area (Å²) in [6.07, 6.45) is 2.26. The zero-order chi connectivity index (χ0) is 13.7. The number of likely N-dealkylation sites (tertiary alicyclic amines) is 1. The fraction of sp³-hybridized carbons (Fsp3) is 0.533. The van der Waals surface area contributed by atoms with Crippen molar-refractivity contribution in [1.29, 1.82) is 0 Å². The van der Waals surface area contributed by atoms with Crippen LogP contribution in [-0.4, -0.2) is 43.0 Å². The van der Waals surface area contributed by atoms with E-state index in [1.165, 1.54) is 0 Å². The van der Waals surface area contributed by atoms with Gasteiger partial charge in [-0.05, 0) is 38.4 Å². The average Bonchev–Trinajstić information content (AvgIpc) is 2.88. The average molecular weight is 261 g/mol. The summed E-state index contributed by atoms with van der Waals surface area (Å²) in [5.41, 5.74) is 6.72. The Kier molecular flexibility index (Phi) is 4.93. The monoisotopic (exact) mass is 261 g/mol. The van der Waals surface area contributed by atoms with E-state index in [1.807, 2.05) is 42.2 Å². The Morgan fingerprint density at radius 1 is 1.42 bits per heavy atom. The molecule has 0 bridgehead atoms. The molecule has 1 heterocycles. The Morgan fingerprint density at radius 2 is 2.16 bits per heavy atom. The maximum atomic E-state index is 12.4. The highest BCUT2D eigenvalue weighted by molar-refractivity contribution is 5.94. The Morgan fingerprint density at radius 3 is 2.79 bits per heavy atom. The van der Waals surface area contributed by atoms with Gasteiger partial charge < -0.3 is 10.6 Å². The molecule has 1 aromatic carbocycles. The second-order valence-corrected chi connectivity index (χ2v) is 4.98. The highest BCUT2D eigenvalue weighted by Crippen LogP contribution is 2.18. The van der Waals surface area contributed by atoms with Crippen molar-refractivity contribution in [2.24, 2.45) is 5.73 Å². The van der Waals surface area contributed by atoms with Crippen molar-refractivity contribution in [3.63, 3.8) is 0 Å². The van der Waals surface area contributed by atoms with Gasteiger partial charge in [-0.15, -0.1) is 0 Å². The number of rotatable bonds is 5. The van der Waals surface area contributed by atoms with Crippen LogP contribution >= 0.6 is 0 Å². The van der Waals surface area contributed by atoms with Gasteiger partial charge in [-0.1, -0.05) is 18.2 Å². The second kappa shape index (κ2) is 6.68. The lowest BCUT2D eigenvalue weighted by Gasteiger charge is -2.27. The van der Waals surface area contributed by atoms with Crippen molar-refractivity contribution in [1.82, 2.24) is 4.90 Å². The van der Waals surface area contributed by atoms with Crippen LogP contribution in [0.5, 0.6) is 0 Å². The summed E-state index contributed by atoms with van der Waals surface area (Å²) in [6.45, 7) is 4.81. The van der Waals surface area contributed by atoms with Gasteiger partial charge in [0.15, 0.2) is 0 Å². The minimum atomic E-state index is 0.161. The van der Waals surface area contributed by atoms with Crippen molar-refractivity contribution in [3.05, 3.63) is 30.3 Å². The van der Waals surface area contributed by atoms with Gasteiger partial charge in [0.25, 0.3) is 0 Å². The van der Waals surface area contributed by atoms with E-state index in [2.05, 4.69) is 4.90 Å². The highest BCUT2D eigenvalue weighted by Gasteiger charge is 2.26. The molecule has 0 aromatic heterocycles. The topological polar surface area (TPSA) is 49.6 Å². The summed E-state index contributed by atoms with van der Waals surface area (Å²) in [5.74, 6) is 0.161. The lowest BCUT2D eigenvalue weighted by molar-refractivity contribution is -0.119. The summed E-state index contributed by atoms with van der Waals surface area (Å²) in [6, 6.07) is 10.2. The van der Waals surface area contributed by atoms with E-state index in [4.69, 9.17) is 5.73 Å². The van der Waals surface area contributed by atoms with Crippen molar-refractivity contribution in [2.45, 2.75) is 25.8 Å². The third-order valence-corrected chi connectivity index (χ3v) is 3.79. The Bertz CT molecular complexity index is 407. The minimum Gasteiger partial charge on any atom is -0.329 e. The summed E-state index contributed by atoms with van der Waals surface area (Å²) in [4.78, 5) is 16.5. The van der Waals surface area contributed by atoms with Gasteiger partial charge in [0.1, 0.15) is 0 Å². The molecule has 1 fully saturated rings. The quantitative estimate of drug-likeness (QED) is 0.873. The van der Waals surface area contributed by atoms with Gasteiger partial charge in [0.2, 0.25) is 5.91 Å². The van der Waals surface area contributed by atoms with E-state index in [-0.39, 0.29) is 5.91 Å². The van der Waals surface area contributed by atoms with Crippen LogP contribution < -0.4 is 10.6 Å². The smallest absolute Gasteiger partial charge is 0.241 e. The Labute approximate surface area is 115 Å². The van der Waals surface area contributed by atoms with Crippen molar-refractivity contribution in [3.8, 4) is 0 Å². The molecule has 1 saturated heterocycles. The molecule has 19 heavy (non-hydrogen) atoms. The summed E-state index contributed by atoms with van der Waals surface area (Å²) >= 11 is 0. The number of benzene rings is 1. The number of amides is 1. The SMILES string of the molecule is CCN(C(=O)CN1CCCC1CN)c1ccccc1. The first kappa shape index (κ1) is 14.0. The molecule has 0 radical (unpaired) electrons. The molecule has 4 nitrogen and oxygen atoms in total. The zero-order valence-electron chi connectivity index (χ0n) is 11.6. The van der Waals surface area contributed by atoms with Gasteiger partial charge in [-0.25, -0.2) is 0 Å². The Balaban J connectivity index is 2.01. The molecule has 1 atom stereocenters. The third kappa shape index (κ3) is 3.33. The minimum absolute atomic E-state index is 0.161. The van der Waals surface area contributed by atoms with Crippen molar-refractivity contribution >= 4 is 11.6 Å². The van der Waals surface area contributed by atoms with E-state index < -0.39 is 0 Å². The molecule has 1 unspecified atom stereocenters. The van der Waals surface area contributed by atoms with E-state index in [0.717, 1.165) is 25.1 Å². The summed E-state index contributed by atoms with van der Waals surface area (Å²) < 4.78 is 0. The number of para-hydroxylation sites is 1. The maximum Gasteiger partial charge on any atom is 0.241 e. The van der Waals surface area contributed by atoms with Gasteiger partial charge >= 0.3 is 0 Å². The van der Waals surface area contributed by atoms with Gasteiger partial charge in [0, 0.05) is 24.8 Å². The van der Waals surface area contributed by atoms with Gasteiger partial charge in [-0.2, -0.15) is 0 Å². The molecule has 2 N–H and O–H groups in total. The predicted molar refractivity (Wildman–Crippen MR) is 78.1 cm³/mol. The molecule has 1 amide bonds. The van der Waals surface area contributed by atoms with Crippen LogP contribution in [0.3, 0.4) is 0 Å². The van der Waals surface area contributed by atoms with Crippen molar-refractivity contribution < 1.29 is 4.79 Å². The van der Waals surface area contributed by atoms with E-state index in [0.29, 0.717) is 25.7 Å². The predicted octanol–water partition coefficient (Wildman–Crippen LogP) is 1.46. The molecule has 1 aliphatic rings. The lowest BCUT2D eigenvalue weighted by atomic mass is 10.2. The molecule has 0 saturated carbocycles. The van der Waals surface area contributed by atoms with Crippen LogP contribution in [-0.2, 0) is 4.79 Å². The first-order valence-electron chi connectivity index (χ1n) is 7.05. The van der Waals surface area contributed by atoms with Crippen LogP contribution in [0.25, 0.3) is 0 Å². The highest BCUT2D eigenvalue weighted by atomic mass is 16.2. The second-order valence-electron chi connectivity index (χ2n) is 4.98. The molecular formula is C15H23N3O. The normalized spacial score (nSPS) is 19.6. The molecular weight excluding hydrogens is 238 g/mol. The third-order valence-electron chi connectivity index (χ3n) is 3.79. The number of anilines is 1. The molecule has 1 aromatic rings. The molecule has 1 aliphatic heterocycles. The van der Waals surface area contributed by atoms with Crippen LogP contribution in [0.1, 0.15) is 19.8 Å². The lowest BCUT2D eigenvalue weighted by Crippen LogP contribution is -2.44. The standard InChI is InChI=1S/C15H23N3O/c1-2-18(13-7-4-3-5-8-13)15(19)12-17-10-6-9-14(17)11-16/h3-5,7-8,14H,2,6,9-12,16H2,1H3. The summed E-state index contributed by atoms with van der Waals surface area (Å²) in [5, 5.41) is 0. The fourth-order valence-corrected chi connectivity index (χ4v) is 2.74. The molecule has 0 aliphatic carbocycles. The number of carbonyl (C=O) groups excluding carboxylic acids is 1. The number of carbonyl (C=O) groups is 1. The van der Waals surface area contributed by atoms with Crippen LogP contribution in [0.15, 0.2) is 30.3 Å². The number of nitrogens with zero attached hydrogens (tertiary/aromatic N) is 2. The van der Waals surface area contributed by atoms with E-state index in [9.17, 15) is 4.79 Å². The molecule has 4 heteroatoms. The number of hydrogen-bond acceptors (Lipinski definition) is 3. The number of hydrogen-bond donors (Lipinski definition) is 1. The number of nitrogens with two attached hydrogens (primary N) is 1. The first-order chi connectivity index (χ1) is 9.26. The van der Waals surface area contributed by atoms with Gasteiger partial charge in [0.05, 0.1) is 6.54 Å². The zero-order valence-corrected chi connectivity index (χ0v) is 11.6. The van der Waals surface area contributed by atoms with Crippen LogP contribution in [0.4, 0.5) is 5.69 Å².